The summed E-state index contributed by atoms with van der Waals surface area (Å²) in [5, 5.41) is 3.03. The Morgan fingerprint density at radius 2 is 1.71 bits per heavy atom. The van der Waals surface area contributed by atoms with Gasteiger partial charge in [-0.25, -0.2) is 9.97 Å². The van der Waals surface area contributed by atoms with Gasteiger partial charge >= 0.3 is 0 Å². The molecule has 2 heterocycles. The van der Waals surface area contributed by atoms with Crippen LogP contribution in [0.1, 0.15) is 12.5 Å². The lowest BCUT2D eigenvalue weighted by molar-refractivity contribution is -0.914. The quantitative estimate of drug-likeness (QED) is 0.612. The molecular weight excluding hydrogens is 390 g/mol. The summed E-state index contributed by atoms with van der Waals surface area (Å²) in [5.74, 6) is 1.56. The summed E-state index contributed by atoms with van der Waals surface area (Å²) in [6, 6.07) is 19.3. The van der Waals surface area contributed by atoms with Gasteiger partial charge in [0.1, 0.15) is 12.4 Å². The van der Waals surface area contributed by atoms with Crippen molar-refractivity contribution in [2.75, 3.05) is 36.4 Å². The number of benzene rings is 2. The number of quaternary nitrogens is 1. The largest absolute Gasteiger partial charge is 0.489 e. The maximum absolute atomic E-state index is 12.8. The number of aromatic nitrogens is 2. The van der Waals surface area contributed by atoms with E-state index in [0.29, 0.717) is 6.61 Å². The molecule has 1 aliphatic heterocycles. The molecular formula is C24H28N5O2+. The van der Waals surface area contributed by atoms with E-state index < -0.39 is 0 Å². The van der Waals surface area contributed by atoms with E-state index in [1.165, 1.54) is 4.90 Å². The van der Waals surface area contributed by atoms with Crippen LogP contribution in [-0.4, -0.2) is 48.1 Å². The molecule has 1 atom stereocenters. The Morgan fingerprint density at radius 1 is 1.03 bits per heavy atom. The van der Waals surface area contributed by atoms with E-state index in [9.17, 15) is 4.79 Å². The fraction of sp³-hybridized carbons (Fsp3) is 0.292. The highest BCUT2D eigenvalue weighted by molar-refractivity contribution is 5.93. The fourth-order valence-corrected chi connectivity index (χ4v) is 3.69. The lowest BCUT2D eigenvalue weighted by Gasteiger charge is -2.34. The van der Waals surface area contributed by atoms with E-state index in [1.54, 1.807) is 12.4 Å². The molecule has 7 nitrogen and oxygen atoms in total. The average Bonchev–Trinajstić information content (AvgIpc) is 2.84. The van der Waals surface area contributed by atoms with Crippen LogP contribution < -0.4 is 19.9 Å². The number of anilines is 2. The molecule has 1 aliphatic rings. The van der Waals surface area contributed by atoms with Gasteiger partial charge in [0, 0.05) is 18.1 Å². The summed E-state index contributed by atoms with van der Waals surface area (Å²) in [4.78, 5) is 24.8. The number of carbonyl (C=O) groups is 1. The number of hydrogen-bond donors (Lipinski definition) is 2. The van der Waals surface area contributed by atoms with Crippen LogP contribution in [0.4, 0.5) is 11.6 Å². The van der Waals surface area contributed by atoms with Gasteiger partial charge in [-0.2, -0.15) is 0 Å². The van der Waals surface area contributed by atoms with Gasteiger partial charge in [0.25, 0.3) is 5.91 Å². The van der Waals surface area contributed by atoms with E-state index in [1.807, 2.05) is 67.6 Å². The van der Waals surface area contributed by atoms with Crippen LogP contribution in [0.5, 0.6) is 5.75 Å². The van der Waals surface area contributed by atoms with Crippen molar-refractivity contribution < 1.29 is 14.4 Å². The summed E-state index contributed by atoms with van der Waals surface area (Å²) in [6.07, 6.45) is 3.52. The number of rotatable bonds is 7. The number of nitrogens with one attached hydrogen (secondary N) is 2. The van der Waals surface area contributed by atoms with Crippen molar-refractivity contribution in [3.05, 3.63) is 78.6 Å². The number of carbonyl (C=O) groups excluding carboxylic acids is 1. The van der Waals surface area contributed by atoms with Crippen molar-refractivity contribution in [3.8, 4) is 5.75 Å². The first-order valence-corrected chi connectivity index (χ1v) is 10.6. The van der Waals surface area contributed by atoms with Crippen LogP contribution in [0.25, 0.3) is 0 Å². The zero-order valence-corrected chi connectivity index (χ0v) is 17.7. The maximum atomic E-state index is 12.8. The molecule has 31 heavy (non-hydrogen) atoms. The van der Waals surface area contributed by atoms with Crippen molar-refractivity contribution in [1.82, 2.24) is 9.97 Å². The van der Waals surface area contributed by atoms with E-state index in [-0.39, 0.29) is 11.9 Å². The summed E-state index contributed by atoms with van der Waals surface area (Å²) in [6.45, 7) is 5.93. The summed E-state index contributed by atoms with van der Waals surface area (Å²) < 4.78 is 5.81. The molecule has 2 N–H and O–H groups in total. The Bertz CT molecular complexity index is 958. The minimum absolute atomic E-state index is 0.0253. The Balaban J connectivity index is 1.25. The lowest BCUT2D eigenvalue weighted by Crippen LogP contribution is -3.19. The first-order valence-electron chi connectivity index (χ1n) is 10.6. The minimum Gasteiger partial charge on any atom is -0.489 e. The third-order valence-corrected chi connectivity index (χ3v) is 5.62. The zero-order valence-electron chi connectivity index (χ0n) is 17.7. The normalized spacial score (nSPS) is 15.3. The van der Waals surface area contributed by atoms with Gasteiger partial charge in [-0.1, -0.05) is 30.3 Å². The maximum Gasteiger partial charge on any atom is 0.282 e. The molecule has 0 bridgehead atoms. The van der Waals surface area contributed by atoms with Crippen molar-refractivity contribution >= 4 is 17.5 Å². The average molecular weight is 419 g/mol. The zero-order chi connectivity index (χ0) is 21.5. The molecule has 7 heteroatoms. The topological polar surface area (TPSA) is 71.8 Å². The number of ether oxygens (including phenoxy) is 1. The third kappa shape index (κ3) is 5.58. The Hall–Kier alpha value is -3.45. The molecule has 0 saturated carbocycles. The molecule has 0 radical (unpaired) electrons. The van der Waals surface area contributed by atoms with E-state index in [4.69, 9.17) is 4.74 Å². The molecule has 1 amide bonds. The Morgan fingerprint density at radius 3 is 2.39 bits per heavy atom. The van der Waals surface area contributed by atoms with Crippen molar-refractivity contribution in [1.29, 1.82) is 0 Å². The molecule has 1 saturated heterocycles. The van der Waals surface area contributed by atoms with Gasteiger partial charge < -0.3 is 19.9 Å². The highest BCUT2D eigenvalue weighted by Crippen LogP contribution is 2.17. The standard InChI is InChI=1S/C24H27N5O2/c1-19(28-14-16-29(17-15-28)24-25-12-5-13-26-24)23(30)27-21-8-10-22(11-9-21)31-18-20-6-3-2-4-7-20/h2-13,19H,14-18H2,1H3,(H,27,30)/p+1/t19-/m0/s1. The molecule has 4 rings (SSSR count). The predicted molar refractivity (Wildman–Crippen MR) is 120 cm³/mol. The number of piperazine rings is 1. The van der Waals surface area contributed by atoms with Crippen molar-refractivity contribution in [3.63, 3.8) is 0 Å². The van der Waals surface area contributed by atoms with Crippen molar-refractivity contribution in [2.45, 2.75) is 19.6 Å². The van der Waals surface area contributed by atoms with Gasteiger partial charge in [0.2, 0.25) is 5.95 Å². The second kappa shape index (κ2) is 10.0. The number of nitrogens with zero attached hydrogens (tertiary/aromatic N) is 3. The number of hydrogen-bond acceptors (Lipinski definition) is 5. The molecule has 0 spiro atoms. The highest BCUT2D eigenvalue weighted by atomic mass is 16.5. The van der Waals surface area contributed by atoms with E-state index in [2.05, 4.69) is 20.2 Å². The second-order valence-electron chi connectivity index (χ2n) is 7.70. The van der Waals surface area contributed by atoms with Gasteiger partial charge in [-0.15, -0.1) is 0 Å². The molecule has 0 aliphatic carbocycles. The summed E-state index contributed by atoms with van der Waals surface area (Å²) >= 11 is 0. The monoisotopic (exact) mass is 418 g/mol. The second-order valence-corrected chi connectivity index (χ2v) is 7.70. The molecule has 2 aromatic carbocycles. The van der Waals surface area contributed by atoms with Crippen LogP contribution in [0, 0.1) is 0 Å². The fourth-order valence-electron chi connectivity index (χ4n) is 3.69. The molecule has 3 aromatic rings. The van der Waals surface area contributed by atoms with Crippen LogP contribution in [-0.2, 0) is 11.4 Å². The number of amides is 1. The van der Waals surface area contributed by atoms with Gasteiger partial charge in [-0.05, 0) is 42.8 Å². The van der Waals surface area contributed by atoms with Crippen LogP contribution >= 0.6 is 0 Å². The summed E-state index contributed by atoms with van der Waals surface area (Å²) in [5.41, 5.74) is 1.90. The minimum atomic E-state index is -0.132. The van der Waals surface area contributed by atoms with E-state index >= 15 is 0 Å². The van der Waals surface area contributed by atoms with Gasteiger partial charge in [0.15, 0.2) is 6.04 Å². The first-order chi connectivity index (χ1) is 15.2. The molecule has 160 valence electrons. The predicted octanol–water partition coefficient (Wildman–Crippen LogP) is 1.79. The van der Waals surface area contributed by atoms with Crippen LogP contribution in [0.15, 0.2) is 73.1 Å². The molecule has 0 unspecified atom stereocenters. The van der Waals surface area contributed by atoms with Gasteiger partial charge in [-0.3, -0.25) is 4.79 Å². The Labute approximate surface area is 182 Å². The van der Waals surface area contributed by atoms with Crippen LogP contribution in [0.3, 0.4) is 0 Å². The first kappa shape index (κ1) is 20.8. The third-order valence-electron chi connectivity index (χ3n) is 5.62. The van der Waals surface area contributed by atoms with Gasteiger partial charge in [0.05, 0.1) is 26.2 Å². The summed E-state index contributed by atoms with van der Waals surface area (Å²) in [7, 11) is 0. The smallest absolute Gasteiger partial charge is 0.282 e. The lowest BCUT2D eigenvalue weighted by atomic mass is 10.2. The molecule has 1 fully saturated rings. The molecule has 1 aromatic heterocycles. The van der Waals surface area contributed by atoms with E-state index in [0.717, 1.165) is 49.1 Å². The highest BCUT2D eigenvalue weighted by Gasteiger charge is 2.29. The van der Waals surface area contributed by atoms with Crippen molar-refractivity contribution in [2.24, 2.45) is 0 Å². The van der Waals surface area contributed by atoms with Crippen LogP contribution in [0.2, 0.25) is 0 Å². The Kier molecular flexibility index (Phi) is 6.74. The SMILES string of the molecule is C[C@@H](C(=O)Nc1ccc(OCc2ccccc2)cc1)[NH+]1CCN(c2ncccn2)CC1.